The molecule has 1 fully saturated rings. The highest BCUT2D eigenvalue weighted by Gasteiger charge is 2.26. The number of carbonyl (C=O) groups excluding carboxylic acids is 1. The summed E-state index contributed by atoms with van der Waals surface area (Å²) < 4.78 is 0. The molecule has 0 bridgehead atoms. The molecule has 22 heavy (non-hydrogen) atoms. The van der Waals surface area contributed by atoms with Crippen molar-refractivity contribution in [2.24, 2.45) is 5.92 Å². The van der Waals surface area contributed by atoms with Crippen LogP contribution in [0.25, 0.3) is 0 Å². The van der Waals surface area contributed by atoms with E-state index in [0.29, 0.717) is 5.91 Å². The molecule has 0 aliphatic carbocycles. The Bertz CT molecular complexity index is 270. The highest BCUT2D eigenvalue weighted by atomic mass is 79.9. The molecule has 1 aliphatic heterocycles. The van der Waals surface area contributed by atoms with Crippen LogP contribution >= 0.6 is 17.0 Å². The molecule has 0 aromatic rings. The molecule has 2 nitrogen and oxygen atoms in total. The van der Waals surface area contributed by atoms with Crippen LogP contribution in [0.3, 0.4) is 0 Å². The van der Waals surface area contributed by atoms with Crippen LogP contribution in [-0.2, 0) is 4.79 Å². The topological polar surface area (TPSA) is 20.3 Å². The van der Waals surface area contributed by atoms with E-state index in [1.807, 2.05) is 0 Å². The van der Waals surface area contributed by atoms with Crippen LogP contribution in [0.15, 0.2) is 0 Å². The SMILES string of the molecule is Br.CCCCCCCCCCCCCCN1CCC(C)C1=O. The summed E-state index contributed by atoms with van der Waals surface area (Å²) in [5.41, 5.74) is 0. The lowest BCUT2D eigenvalue weighted by Gasteiger charge is -2.15. The third-order valence-corrected chi connectivity index (χ3v) is 4.85. The Labute approximate surface area is 149 Å². The van der Waals surface area contributed by atoms with E-state index >= 15 is 0 Å². The van der Waals surface area contributed by atoms with Gasteiger partial charge in [-0.3, -0.25) is 4.79 Å². The lowest BCUT2D eigenvalue weighted by Crippen LogP contribution is -2.27. The van der Waals surface area contributed by atoms with Gasteiger partial charge in [-0.1, -0.05) is 84.5 Å². The maximum absolute atomic E-state index is 11.8. The largest absolute Gasteiger partial charge is 0.342 e. The number of unbranched alkanes of at least 4 members (excludes halogenated alkanes) is 11. The van der Waals surface area contributed by atoms with Gasteiger partial charge in [-0.25, -0.2) is 0 Å². The van der Waals surface area contributed by atoms with Crippen LogP contribution < -0.4 is 0 Å². The lowest BCUT2D eigenvalue weighted by molar-refractivity contribution is -0.130. The van der Waals surface area contributed by atoms with E-state index in [2.05, 4.69) is 18.7 Å². The van der Waals surface area contributed by atoms with Gasteiger partial charge in [0.1, 0.15) is 0 Å². The Balaban J connectivity index is 0.00000441. The van der Waals surface area contributed by atoms with Gasteiger partial charge in [0.25, 0.3) is 0 Å². The van der Waals surface area contributed by atoms with E-state index in [9.17, 15) is 4.79 Å². The zero-order chi connectivity index (χ0) is 15.3. The van der Waals surface area contributed by atoms with Crippen molar-refractivity contribution in [3.05, 3.63) is 0 Å². The second-order valence-electron chi connectivity index (χ2n) is 6.90. The predicted octanol–water partition coefficient (Wildman–Crippen LogP) is 6.13. The third-order valence-electron chi connectivity index (χ3n) is 4.85. The molecule has 1 saturated heterocycles. The van der Waals surface area contributed by atoms with Gasteiger partial charge in [-0.05, 0) is 12.8 Å². The Morgan fingerprint density at radius 1 is 0.864 bits per heavy atom. The molecule has 0 aromatic heterocycles. The molecule has 0 aromatic carbocycles. The van der Waals surface area contributed by atoms with Gasteiger partial charge in [0.15, 0.2) is 0 Å². The smallest absolute Gasteiger partial charge is 0.225 e. The molecule has 0 N–H and O–H groups in total. The van der Waals surface area contributed by atoms with E-state index in [4.69, 9.17) is 0 Å². The van der Waals surface area contributed by atoms with Crippen molar-refractivity contribution in [2.75, 3.05) is 13.1 Å². The minimum Gasteiger partial charge on any atom is -0.342 e. The first-order valence-electron chi connectivity index (χ1n) is 9.54. The van der Waals surface area contributed by atoms with E-state index in [1.54, 1.807) is 0 Å². The summed E-state index contributed by atoms with van der Waals surface area (Å²) in [6, 6.07) is 0. The Morgan fingerprint density at radius 2 is 1.32 bits per heavy atom. The molecule has 1 aliphatic rings. The van der Waals surface area contributed by atoms with Gasteiger partial charge in [-0.2, -0.15) is 0 Å². The van der Waals surface area contributed by atoms with E-state index in [-0.39, 0.29) is 22.9 Å². The molecular formula is C19H38BrNO. The minimum atomic E-state index is 0. The van der Waals surface area contributed by atoms with E-state index in [0.717, 1.165) is 19.5 Å². The summed E-state index contributed by atoms with van der Waals surface area (Å²) in [7, 11) is 0. The Morgan fingerprint density at radius 3 is 1.73 bits per heavy atom. The van der Waals surface area contributed by atoms with Crippen molar-refractivity contribution in [3.63, 3.8) is 0 Å². The summed E-state index contributed by atoms with van der Waals surface area (Å²) in [5, 5.41) is 0. The number of rotatable bonds is 13. The van der Waals surface area contributed by atoms with Crippen molar-refractivity contribution < 1.29 is 4.79 Å². The van der Waals surface area contributed by atoms with Crippen LogP contribution in [0.4, 0.5) is 0 Å². The average molecular weight is 376 g/mol. The highest BCUT2D eigenvalue weighted by molar-refractivity contribution is 8.93. The van der Waals surface area contributed by atoms with Crippen LogP contribution in [0.2, 0.25) is 0 Å². The first-order valence-corrected chi connectivity index (χ1v) is 9.54. The molecule has 1 rings (SSSR count). The Kier molecular flexibility index (Phi) is 14.5. The molecule has 132 valence electrons. The first-order chi connectivity index (χ1) is 10.3. The lowest BCUT2D eigenvalue weighted by atomic mass is 10.1. The second-order valence-corrected chi connectivity index (χ2v) is 6.90. The van der Waals surface area contributed by atoms with E-state index in [1.165, 1.54) is 77.0 Å². The highest BCUT2D eigenvalue weighted by Crippen LogP contribution is 2.18. The maximum Gasteiger partial charge on any atom is 0.225 e. The summed E-state index contributed by atoms with van der Waals surface area (Å²) in [5.74, 6) is 0.667. The fourth-order valence-corrected chi connectivity index (χ4v) is 3.26. The van der Waals surface area contributed by atoms with Crippen molar-refractivity contribution >= 4 is 22.9 Å². The minimum absolute atomic E-state index is 0. The predicted molar refractivity (Wildman–Crippen MR) is 102 cm³/mol. The molecule has 0 spiro atoms. The number of amides is 1. The summed E-state index contributed by atoms with van der Waals surface area (Å²) in [6.07, 6.45) is 17.7. The fraction of sp³-hybridized carbons (Fsp3) is 0.947. The number of likely N-dealkylation sites (tertiary alicyclic amines) is 1. The number of hydrogen-bond donors (Lipinski definition) is 0. The van der Waals surface area contributed by atoms with Gasteiger partial charge in [-0.15, -0.1) is 17.0 Å². The normalized spacial score (nSPS) is 17.8. The van der Waals surface area contributed by atoms with Gasteiger partial charge in [0, 0.05) is 19.0 Å². The molecule has 0 radical (unpaired) electrons. The van der Waals surface area contributed by atoms with E-state index < -0.39 is 0 Å². The van der Waals surface area contributed by atoms with Gasteiger partial charge in [0.2, 0.25) is 5.91 Å². The maximum atomic E-state index is 11.8. The molecule has 1 unspecified atom stereocenters. The van der Waals surface area contributed by atoms with Gasteiger partial charge >= 0.3 is 0 Å². The fourth-order valence-electron chi connectivity index (χ4n) is 3.26. The number of nitrogens with zero attached hydrogens (tertiary/aromatic N) is 1. The van der Waals surface area contributed by atoms with Gasteiger partial charge in [0.05, 0.1) is 0 Å². The zero-order valence-corrected chi connectivity index (χ0v) is 16.7. The van der Waals surface area contributed by atoms with Crippen LogP contribution in [-0.4, -0.2) is 23.9 Å². The first kappa shape index (κ1) is 21.9. The summed E-state index contributed by atoms with van der Waals surface area (Å²) >= 11 is 0. The summed E-state index contributed by atoms with van der Waals surface area (Å²) in [4.78, 5) is 13.8. The number of halogens is 1. The van der Waals surface area contributed by atoms with Crippen molar-refractivity contribution in [1.29, 1.82) is 0 Å². The molecule has 1 atom stereocenters. The van der Waals surface area contributed by atoms with Crippen LogP contribution in [0.5, 0.6) is 0 Å². The molecule has 1 heterocycles. The van der Waals surface area contributed by atoms with Crippen molar-refractivity contribution in [2.45, 2.75) is 97.3 Å². The quantitative estimate of drug-likeness (QED) is 0.354. The molecular weight excluding hydrogens is 338 g/mol. The third kappa shape index (κ3) is 9.86. The average Bonchev–Trinajstić information content (AvgIpc) is 2.80. The Hall–Kier alpha value is -0.0500. The number of hydrogen-bond acceptors (Lipinski definition) is 1. The van der Waals surface area contributed by atoms with Crippen molar-refractivity contribution in [3.8, 4) is 0 Å². The standard InChI is InChI=1S/C19H37NO.BrH/c1-3-4-5-6-7-8-9-10-11-12-13-14-16-20-17-15-18(2)19(20)21;/h18H,3-17H2,1-2H3;1H. The molecule has 0 saturated carbocycles. The van der Waals surface area contributed by atoms with Crippen LogP contribution in [0.1, 0.15) is 97.3 Å². The summed E-state index contributed by atoms with van der Waals surface area (Å²) in [6.45, 7) is 6.34. The van der Waals surface area contributed by atoms with Gasteiger partial charge < -0.3 is 4.90 Å². The second kappa shape index (κ2) is 14.5. The molecule has 3 heteroatoms. The number of carbonyl (C=O) groups is 1. The molecule has 1 amide bonds. The van der Waals surface area contributed by atoms with Crippen molar-refractivity contribution in [1.82, 2.24) is 4.90 Å². The monoisotopic (exact) mass is 375 g/mol. The van der Waals surface area contributed by atoms with Crippen LogP contribution in [0, 0.1) is 5.92 Å². The zero-order valence-electron chi connectivity index (χ0n) is 14.9.